The lowest BCUT2D eigenvalue weighted by Crippen LogP contribution is -2.33. The van der Waals surface area contributed by atoms with Crippen molar-refractivity contribution in [3.8, 4) is 5.75 Å². The van der Waals surface area contributed by atoms with Crippen molar-refractivity contribution in [1.82, 2.24) is 5.43 Å². The minimum absolute atomic E-state index is 0.112. The molecule has 0 fully saturated rings. The Morgan fingerprint density at radius 3 is 2.78 bits per heavy atom. The molecule has 0 aliphatic heterocycles. The lowest BCUT2D eigenvalue weighted by Gasteiger charge is -2.24. The summed E-state index contributed by atoms with van der Waals surface area (Å²) in [6.07, 6.45) is 0.963. The van der Waals surface area contributed by atoms with Gasteiger partial charge in [0, 0.05) is 19.8 Å². The van der Waals surface area contributed by atoms with E-state index in [9.17, 15) is 0 Å². The van der Waals surface area contributed by atoms with Crippen LogP contribution in [-0.2, 0) is 4.74 Å². The molecule has 0 radical (unpaired) electrons. The largest absolute Gasteiger partial charge is 0.494 e. The second-order valence-corrected chi connectivity index (χ2v) is 4.41. The number of methoxy groups -OCH3 is 1. The monoisotopic (exact) mass is 252 g/mol. The highest BCUT2D eigenvalue weighted by Crippen LogP contribution is 2.26. The first kappa shape index (κ1) is 15.0. The summed E-state index contributed by atoms with van der Waals surface area (Å²) in [5.74, 6) is 6.95. The number of rotatable bonds is 8. The van der Waals surface area contributed by atoms with Crippen LogP contribution in [0.3, 0.4) is 0 Å². The van der Waals surface area contributed by atoms with Gasteiger partial charge >= 0.3 is 0 Å². The van der Waals surface area contributed by atoms with Crippen LogP contribution in [-0.4, -0.2) is 20.3 Å². The Morgan fingerprint density at radius 1 is 1.39 bits per heavy atom. The molecular weight excluding hydrogens is 228 g/mol. The van der Waals surface area contributed by atoms with Crippen molar-refractivity contribution in [2.45, 2.75) is 26.3 Å². The van der Waals surface area contributed by atoms with Crippen LogP contribution in [0.5, 0.6) is 5.75 Å². The van der Waals surface area contributed by atoms with Gasteiger partial charge in [-0.15, -0.1) is 0 Å². The van der Waals surface area contributed by atoms with E-state index in [0.29, 0.717) is 12.5 Å². The van der Waals surface area contributed by atoms with Crippen LogP contribution >= 0.6 is 0 Å². The van der Waals surface area contributed by atoms with E-state index in [2.05, 4.69) is 18.4 Å². The average molecular weight is 252 g/mol. The van der Waals surface area contributed by atoms with E-state index in [4.69, 9.17) is 15.3 Å². The van der Waals surface area contributed by atoms with Gasteiger partial charge in [0.25, 0.3) is 0 Å². The van der Waals surface area contributed by atoms with Gasteiger partial charge < -0.3 is 9.47 Å². The standard InChI is InChI=1S/C14H24N2O2/c1-4-18-13-7-5-6-12(10-13)14(16-15)11(2)8-9-17-3/h5-7,10-11,14,16H,4,8-9,15H2,1-3H3. The molecule has 0 saturated heterocycles. The van der Waals surface area contributed by atoms with Crippen molar-refractivity contribution in [1.29, 1.82) is 0 Å². The van der Waals surface area contributed by atoms with Crippen molar-refractivity contribution in [2.75, 3.05) is 20.3 Å². The fraction of sp³-hybridized carbons (Fsp3) is 0.571. The summed E-state index contributed by atoms with van der Waals surface area (Å²) < 4.78 is 10.6. The summed E-state index contributed by atoms with van der Waals surface area (Å²) in [6.45, 7) is 5.55. The van der Waals surface area contributed by atoms with Crippen LogP contribution in [0.2, 0.25) is 0 Å². The Labute approximate surface area is 109 Å². The van der Waals surface area contributed by atoms with Crippen LogP contribution in [0.15, 0.2) is 24.3 Å². The molecular formula is C14H24N2O2. The van der Waals surface area contributed by atoms with Gasteiger partial charge in [0.2, 0.25) is 0 Å². The van der Waals surface area contributed by atoms with Crippen LogP contribution in [0, 0.1) is 5.92 Å². The second-order valence-electron chi connectivity index (χ2n) is 4.41. The predicted octanol–water partition coefficient (Wildman–Crippen LogP) is 2.26. The van der Waals surface area contributed by atoms with E-state index >= 15 is 0 Å². The fourth-order valence-corrected chi connectivity index (χ4v) is 2.02. The van der Waals surface area contributed by atoms with Gasteiger partial charge in [0.05, 0.1) is 6.61 Å². The molecule has 0 saturated carbocycles. The highest BCUT2D eigenvalue weighted by atomic mass is 16.5. The Hall–Kier alpha value is -1.10. The van der Waals surface area contributed by atoms with E-state index in [1.54, 1.807) is 7.11 Å². The molecule has 1 rings (SSSR count). The number of ether oxygens (including phenoxy) is 2. The first-order valence-corrected chi connectivity index (χ1v) is 6.40. The third kappa shape index (κ3) is 4.29. The normalized spacial score (nSPS) is 14.2. The number of benzene rings is 1. The minimum atomic E-state index is 0.112. The first-order chi connectivity index (χ1) is 8.72. The Morgan fingerprint density at radius 2 is 2.17 bits per heavy atom. The van der Waals surface area contributed by atoms with Gasteiger partial charge in [-0.2, -0.15) is 0 Å². The first-order valence-electron chi connectivity index (χ1n) is 6.40. The zero-order valence-corrected chi connectivity index (χ0v) is 11.5. The van der Waals surface area contributed by atoms with E-state index in [0.717, 1.165) is 24.3 Å². The summed E-state index contributed by atoms with van der Waals surface area (Å²) >= 11 is 0. The summed E-state index contributed by atoms with van der Waals surface area (Å²) in [7, 11) is 1.72. The molecule has 0 spiro atoms. The van der Waals surface area contributed by atoms with Gasteiger partial charge in [-0.05, 0) is 37.0 Å². The maximum atomic E-state index is 5.67. The van der Waals surface area contributed by atoms with E-state index in [1.807, 2.05) is 25.1 Å². The van der Waals surface area contributed by atoms with Gasteiger partial charge in [0.15, 0.2) is 0 Å². The number of nitrogens with one attached hydrogen (secondary N) is 1. The maximum absolute atomic E-state index is 5.67. The Kier molecular flexibility index (Phi) is 6.72. The zero-order valence-electron chi connectivity index (χ0n) is 11.5. The van der Waals surface area contributed by atoms with Gasteiger partial charge in [-0.1, -0.05) is 19.1 Å². The number of hydrogen-bond acceptors (Lipinski definition) is 4. The van der Waals surface area contributed by atoms with E-state index in [1.165, 1.54) is 0 Å². The molecule has 18 heavy (non-hydrogen) atoms. The van der Waals surface area contributed by atoms with Crippen molar-refractivity contribution in [3.63, 3.8) is 0 Å². The molecule has 0 aliphatic carbocycles. The van der Waals surface area contributed by atoms with Crippen molar-refractivity contribution < 1.29 is 9.47 Å². The third-order valence-corrected chi connectivity index (χ3v) is 3.05. The SMILES string of the molecule is CCOc1cccc(C(NN)C(C)CCOC)c1. The molecule has 0 heterocycles. The fourth-order valence-electron chi connectivity index (χ4n) is 2.02. The summed E-state index contributed by atoms with van der Waals surface area (Å²) in [4.78, 5) is 0. The summed E-state index contributed by atoms with van der Waals surface area (Å²) in [5.41, 5.74) is 4.03. The Balaban J connectivity index is 2.77. The van der Waals surface area contributed by atoms with Crippen molar-refractivity contribution >= 4 is 0 Å². The quantitative estimate of drug-likeness (QED) is 0.550. The molecule has 102 valence electrons. The summed E-state index contributed by atoms with van der Waals surface area (Å²) in [6, 6.07) is 8.17. The molecule has 4 heteroatoms. The van der Waals surface area contributed by atoms with Crippen LogP contribution in [0.25, 0.3) is 0 Å². The number of hydrazine groups is 1. The highest BCUT2D eigenvalue weighted by Gasteiger charge is 2.18. The molecule has 0 bridgehead atoms. The lowest BCUT2D eigenvalue weighted by atomic mass is 9.92. The molecule has 4 nitrogen and oxygen atoms in total. The minimum Gasteiger partial charge on any atom is -0.494 e. The molecule has 3 N–H and O–H groups in total. The molecule has 1 aromatic carbocycles. The molecule has 0 aromatic heterocycles. The molecule has 2 atom stereocenters. The zero-order chi connectivity index (χ0) is 13.4. The second kappa shape index (κ2) is 8.08. The van der Waals surface area contributed by atoms with E-state index < -0.39 is 0 Å². The molecule has 1 aromatic rings. The average Bonchev–Trinajstić information content (AvgIpc) is 2.38. The van der Waals surface area contributed by atoms with Gasteiger partial charge in [-0.25, -0.2) is 0 Å². The van der Waals surface area contributed by atoms with Crippen LogP contribution in [0.1, 0.15) is 31.9 Å². The predicted molar refractivity (Wildman–Crippen MR) is 73.3 cm³/mol. The molecule has 2 unspecified atom stereocenters. The lowest BCUT2D eigenvalue weighted by molar-refractivity contribution is 0.170. The molecule has 0 aliphatic rings. The number of hydrogen-bond donors (Lipinski definition) is 2. The molecule has 0 amide bonds. The van der Waals surface area contributed by atoms with Crippen molar-refractivity contribution in [2.24, 2.45) is 11.8 Å². The van der Waals surface area contributed by atoms with Crippen molar-refractivity contribution in [3.05, 3.63) is 29.8 Å². The van der Waals surface area contributed by atoms with Crippen LogP contribution in [0.4, 0.5) is 0 Å². The Bertz CT molecular complexity index is 344. The number of nitrogens with two attached hydrogens (primary N) is 1. The van der Waals surface area contributed by atoms with Crippen LogP contribution < -0.4 is 16.0 Å². The summed E-state index contributed by atoms with van der Waals surface area (Å²) in [5, 5.41) is 0. The van der Waals surface area contributed by atoms with Gasteiger partial charge in [0.1, 0.15) is 5.75 Å². The highest BCUT2D eigenvalue weighted by molar-refractivity contribution is 5.30. The van der Waals surface area contributed by atoms with E-state index in [-0.39, 0.29) is 6.04 Å². The van der Waals surface area contributed by atoms with Gasteiger partial charge in [-0.3, -0.25) is 11.3 Å². The third-order valence-electron chi connectivity index (χ3n) is 3.05. The smallest absolute Gasteiger partial charge is 0.119 e. The topological polar surface area (TPSA) is 56.5 Å². The maximum Gasteiger partial charge on any atom is 0.119 e.